The molecule has 0 aromatic carbocycles. The number of fused-ring (bicyclic) bond motifs is 2. The van der Waals surface area contributed by atoms with Crippen molar-refractivity contribution >= 4 is 5.91 Å². The van der Waals surface area contributed by atoms with E-state index < -0.39 is 0 Å². The first-order chi connectivity index (χ1) is 9.27. The molecule has 0 saturated carbocycles. The summed E-state index contributed by atoms with van der Waals surface area (Å²) in [6.45, 7) is 6.26. The van der Waals surface area contributed by atoms with Crippen molar-refractivity contribution in [2.24, 2.45) is 11.1 Å². The van der Waals surface area contributed by atoms with Gasteiger partial charge in [0.15, 0.2) is 0 Å². The number of nitrogens with two attached hydrogens (primary N) is 1. The van der Waals surface area contributed by atoms with Gasteiger partial charge in [0.25, 0.3) is 0 Å². The fourth-order valence-electron chi connectivity index (χ4n) is 3.53. The zero-order valence-corrected chi connectivity index (χ0v) is 13.5. The molecule has 0 aliphatic carbocycles. The van der Waals surface area contributed by atoms with E-state index in [0.29, 0.717) is 24.5 Å². The topological polar surface area (TPSA) is 58.4 Å². The van der Waals surface area contributed by atoms with E-state index in [4.69, 9.17) is 5.73 Å². The summed E-state index contributed by atoms with van der Waals surface area (Å²) >= 11 is 0. The maximum atomic E-state index is 12.2. The second-order valence-electron chi connectivity index (χ2n) is 7.82. The molecule has 116 valence electrons. The van der Waals surface area contributed by atoms with Crippen LogP contribution in [0, 0.1) is 5.41 Å². The van der Waals surface area contributed by atoms with Crippen LogP contribution >= 0.6 is 0 Å². The number of carbonyl (C=O) groups is 1. The van der Waals surface area contributed by atoms with Crippen LogP contribution in [0.4, 0.5) is 0 Å². The highest BCUT2D eigenvalue weighted by Gasteiger charge is 2.36. The quantitative estimate of drug-likeness (QED) is 0.830. The lowest BCUT2D eigenvalue weighted by Crippen LogP contribution is -2.55. The minimum absolute atomic E-state index is 0.0133. The Kier molecular flexibility index (Phi) is 4.75. The zero-order chi connectivity index (χ0) is 14.9. The molecule has 1 amide bonds. The summed E-state index contributed by atoms with van der Waals surface area (Å²) in [6.07, 6.45) is 6.54. The molecule has 2 saturated heterocycles. The van der Waals surface area contributed by atoms with Crippen molar-refractivity contribution in [3.8, 4) is 0 Å². The Morgan fingerprint density at radius 2 is 1.85 bits per heavy atom. The third kappa shape index (κ3) is 3.73. The largest absolute Gasteiger partial charge is 0.353 e. The Morgan fingerprint density at radius 3 is 2.35 bits per heavy atom. The van der Waals surface area contributed by atoms with E-state index in [1.807, 2.05) is 0 Å². The number of nitrogens with one attached hydrogen (secondary N) is 1. The Balaban J connectivity index is 1.83. The van der Waals surface area contributed by atoms with E-state index in [9.17, 15) is 4.79 Å². The second-order valence-corrected chi connectivity index (χ2v) is 7.82. The van der Waals surface area contributed by atoms with Crippen LogP contribution in [0.25, 0.3) is 0 Å². The van der Waals surface area contributed by atoms with Gasteiger partial charge in [-0.3, -0.25) is 4.79 Å². The highest BCUT2D eigenvalue weighted by molar-refractivity contribution is 5.77. The third-order valence-electron chi connectivity index (χ3n) is 5.22. The second kappa shape index (κ2) is 6.02. The fraction of sp³-hybridized carbons (Fsp3) is 0.938. The maximum absolute atomic E-state index is 12.2. The molecule has 4 nitrogen and oxygen atoms in total. The molecule has 4 heteroatoms. The van der Waals surface area contributed by atoms with Crippen LogP contribution in [0.5, 0.6) is 0 Å². The van der Waals surface area contributed by atoms with Gasteiger partial charge < -0.3 is 16.0 Å². The number of nitrogens with zero attached hydrogens (tertiary/aromatic N) is 1. The van der Waals surface area contributed by atoms with E-state index in [0.717, 1.165) is 12.8 Å². The van der Waals surface area contributed by atoms with Gasteiger partial charge in [0, 0.05) is 30.6 Å². The van der Waals surface area contributed by atoms with Crippen molar-refractivity contribution in [2.75, 3.05) is 7.05 Å². The van der Waals surface area contributed by atoms with Crippen LogP contribution in [0.3, 0.4) is 0 Å². The molecular weight excluding hydrogens is 250 g/mol. The zero-order valence-electron chi connectivity index (χ0n) is 13.5. The first-order valence-electron chi connectivity index (χ1n) is 8.04. The number of hydrogen-bond donors (Lipinski definition) is 2. The highest BCUT2D eigenvalue weighted by atomic mass is 16.1. The number of rotatable bonds is 3. The van der Waals surface area contributed by atoms with Crippen LogP contribution in [0.15, 0.2) is 0 Å². The lowest BCUT2D eigenvalue weighted by atomic mass is 9.82. The minimum atomic E-state index is -0.0757. The Labute approximate surface area is 123 Å². The van der Waals surface area contributed by atoms with Crippen LogP contribution < -0.4 is 11.1 Å². The van der Waals surface area contributed by atoms with Gasteiger partial charge in [-0.15, -0.1) is 0 Å². The lowest BCUT2D eigenvalue weighted by Gasteiger charge is -2.47. The van der Waals surface area contributed by atoms with Crippen molar-refractivity contribution in [2.45, 2.75) is 83.5 Å². The van der Waals surface area contributed by atoms with Crippen molar-refractivity contribution in [1.29, 1.82) is 0 Å². The molecule has 2 aliphatic heterocycles. The fourth-order valence-corrected chi connectivity index (χ4v) is 3.53. The van der Waals surface area contributed by atoms with E-state index in [-0.39, 0.29) is 17.4 Å². The van der Waals surface area contributed by atoms with Crippen LogP contribution in [0.1, 0.15) is 59.3 Å². The Hall–Kier alpha value is -0.610. The maximum Gasteiger partial charge on any atom is 0.221 e. The molecule has 3 N–H and O–H groups in total. The summed E-state index contributed by atoms with van der Waals surface area (Å²) in [5.41, 5.74) is 6.09. The molecule has 2 heterocycles. The summed E-state index contributed by atoms with van der Waals surface area (Å²) in [6, 6.07) is 1.59. The van der Waals surface area contributed by atoms with Crippen LogP contribution in [0.2, 0.25) is 0 Å². The normalized spacial score (nSPS) is 32.8. The number of hydrogen-bond acceptors (Lipinski definition) is 3. The Morgan fingerprint density at radius 1 is 1.30 bits per heavy atom. The molecule has 2 aliphatic rings. The minimum Gasteiger partial charge on any atom is -0.353 e. The first kappa shape index (κ1) is 15.8. The predicted octanol–water partition coefficient (Wildman–Crippen LogP) is 1.88. The number of piperidine rings is 2. The van der Waals surface area contributed by atoms with Crippen molar-refractivity contribution in [3.05, 3.63) is 0 Å². The SMILES string of the molecule is CN1C2CCCC1CC(NC(=O)CC(N)C(C)(C)C)C2. The molecule has 3 atom stereocenters. The molecule has 2 bridgehead atoms. The van der Waals surface area contributed by atoms with Gasteiger partial charge in [-0.1, -0.05) is 27.2 Å². The van der Waals surface area contributed by atoms with Gasteiger partial charge in [0.2, 0.25) is 5.91 Å². The molecule has 3 unspecified atom stereocenters. The van der Waals surface area contributed by atoms with E-state index >= 15 is 0 Å². The average Bonchev–Trinajstić information content (AvgIpc) is 2.29. The van der Waals surface area contributed by atoms with Gasteiger partial charge >= 0.3 is 0 Å². The van der Waals surface area contributed by atoms with Gasteiger partial charge in [-0.25, -0.2) is 0 Å². The van der Waals surface area contributed by atoms with E-state index in [1.165, 1.54) is 19.3 Å². The van der Waals surface area contributed by atoms with E-state index in [2.05, 4.69) is 38.0 Å². The summed E-state index contributed by atoms with van der Waals surface area (Å²) in [4.78, 5) is 14.7. The summed E-state index contributed by atoms with van der Waals surface area (Å²) in [7, 11) is 2.24. The van der Waals surface area contributed by atoms with Crippen LogP contribution in [-0.4, -0.2) is 42.0 Å². The Bertz CT molecular complexity index is 336. The molecule has 2 fully saturated rings. The number of amides is 1. The van der Waals surface area contributed by atoms with E-state index in [1.54, 1.807) is 0 Å². The third-order valence-corrected chi connectivity index (χ3v) is 5.22. The van der Waals surface area contributed by atoms with Crippen molar-refractivity contribution < 1.29 is 4.79 Å². The summed E-state index contributed by atoms with van der Waals surface area (Å²) in [5, 5.41) is 3.23. The van der Waals surface area contributed by atoms with Crippen LogP contribution in [-0.2, 0) is 4.79 Å². The van der Waals surface area contributed by atoms with Crippen molar-refractivity contribution in [3.63, 3.8) is 0 Å². The van der Waals surface area contributed by atoms with Gasteiger partial charge in [-0.2, -0.15) is 0 Å². The molecule has 0 spiro atoms. The predicted molar refractivity (Wildman–Crippen MR) is 82.4 cm³/mol. The number of carbonyl (C=O) groups excluding carboxylic acids is 1. The van der Waals surface area contributed by atoms with Gasteiger partial charge in [0.05, 0.1) is 0 Å². The first-order valence-corrected chi connectivity index (χ1v) is 8.04. The molecule has 0 aromatic heterocycles. The smallest absolute Gasteiger partial charge is 0.221 e. The molecule has 0 radical (unpaired) electrons. The van der Waals surface area contributed by atoms with Gasteiger partial charge in [-0.05, 0) is 38.1 Å². The molecule has 20 heavy (non-hydrogen) atoms. The lowest BCUT2D eigenvalue weighted by molar-refractivity contribution is -0.123. The molecule has 2 rings (SSSR count). The average molecular weight is 281 g/mol. The monoisotopic (exact) mass is 281 g/mol. The summed E-state index contributed by atoms with van der Waals surface area (Å²) in [5.74, 6) is 0.125. The summed E-state index contributed by atoms with van der Waals surface area (Å²) < 4.78 is 0. The molecule has 0 aromatic rings. The molecular formula is C16H31N3O. The standard InChI is InChI=1S/C16H31N3O/c1-16(2,3)14(17)10-15(20)18-11-8-12-6-5-7-13(9-11)19(12)4/h11-14H,5-10,17H2,1-4H3,(H,18,20). The highest BCUT2D eigenvalue weighted by Crippen LogP contribution is 2.32. The van der Waals surface area contributed by atoms with Gasteiger partial charge in [0.1, 0.15) is 0 Å². The van der Waals surface area contributed by atoms with Crippen molar-refractivity contribution in [1.82, 2.24) is 10.2 Å².